The van der Waals surface area contributed by atoms with Crippen molar-refractivity contribution in [2.75, 3.05) is 0 Å². The predicted molar refractivity (Wildman–Crippen MR) is 73.7 cm³/mol. The van der Waals surface area contributed by atoms with Gasteiger partial charge in [-0.1, -0.05) is 36.9 Å². The van der Waals surface area contributed by atoms with Crippen molar-refractivity contribution in [2.45, 2.75) is 12.5 Å². The fraction of sp³-hybridized carbons (Fsp3) is 0.125. The maximum atomic E-state index is 13.1. The topological polar surface area (TPSA) is 9.23 Å². The highest BCUT2D eigenvalue weighted by molar-refractivity contribution is 5.76. The van der Waals surface area contributed by atoms with Gasteiger partial charge in [0.05, 0.1) is 5.56 Å². The van der Waals surface area contributed by atoms with Crippen LogP contribution in [0.5, 0.6) is 5.75 Å². The molecule has 0 heterocycles. The van der Waals surface area contributed by atoms with Crippen LogP contribution in [0.25, 0.3) is 17.2 Å². The van der Waals surface area contributed by atoms with Crippen LogP contribution < -0.4 is 4.74 Å². The van der Waals surface area contributed by atoms with Crippen molar-refractivity contribution >= 4 is 6.08 Å². The standard InChI is InChI=1S/C16H10F6O/c1-2-10-7-8-14(23-16(20,21)22)12(9-10)11-5-3-4-6-13(11)15(17,18)19/h2-9H,1H2. The zero-order valence-electron chi connectivity index (χ0n) is 11.5. The second kappa shape index (κ2) is 5.98. The van der Waals surface area contributed by atoms with Crippen LogP contribution in [0.2, 0.25) is 0 Å². The van der Waals surface area contributed by atoms with Crippen LogP contribution in [0.4, 0.5) is 26.3 Å². The molecule has 7 heteroatoms. The number of alkyl halides is 6. The summed E-state index contributed by atoms with van der Waals surface area (Å²) in [6.07, 6.45) is -8.41. The first-order chi connectivity index (χ1) is 10.6. The number of hydrogen-bond acceptors (Lipinski definition) is 1. The van der Waals surface area contributed by atoms with E-state index in [4.69, 9.17) is 0 Å². The second-order valence-corrected chi connectivity index (χ2v) is 4.55. The molecule has 2 rings (SSSR count). The van der Waals surface area contributed by atoms with E-state index in [-0.39, 0.29) is 5.56 Å². The van der Waals surface area contributed by atoms with E-state index >= 15 is 0 Å². The molecule has 0 bridgehead atoms. The molecule has 0 aliphatic heterocycles. The van der Waals surface area contributed by atoms with E-state index in [1.807, 2.05) is 0 Å². The van der Waals surface area contributed by atoms with Crippen LogP contribution in [-0.4, -0.2) is 6.36 Å². The fourth-order valence-electron chi connectivity index (χ4n) is 2.06. The van der Waals surface area contributed by atoms with E-state index in [1.54, 1.807) is 0 Å². The lowest BCUT2D eigenvalue weighted by Gasteiger charge is -2.17. The molecule has 0 aliphatic carbocycles. The number of halogens is 6. The van der Waals surface area contributed by atoms with Gasteiger partial charge >= 0.3 is 12.5 Å². The summed E-state index contributed by atoms with van der Waals surface area (Å²) in [4.78, 5) is 0. The summed E-state index contributed by atoms with van der Waals surface area (Å²) in [6.45, 7) is 3.46. The quantitative estimate of drug-likeness (QED) is 0.635. The van der Waals surface area contributed by atoms with Crippen molar-refractivity contribution in [3.05, 3.63) is 60.2 Å². The second-order valence-electron chi connectivity index (χ2n) is 4.55. The molecule has 23 heavy (non-hydrogen) atoms. The molecular formula is C16H10F6O. The van der Waals surface area contributed by atoms with E-state index in [0.29, 0.717) is 5.56 Å². The van der Waals surface area contributed by atoms with Gasteiger partial charge in [-0.3, -0.25) is 0 Å². The van der Waals surface area contributed by atoms with Gasteiger partial charge in [0.15, 0.2) is 0 Å². The molecule has 2 aromatic rings. The third-order valence-electron chi connectivity index (χ3n) is 2.99. The first-order valence-corrected chi connectivity index (χ1v) is 6.30. The van der Waals surface area contributed by atoms with E-state index in [2.05, 4.69) is 11.3 Å². The Morgan fingerprint density at radius 3 is 2.09 bits per heavy atom. The maximum absolute atomic E-state index is 13.1. The Morgan fingerprint density at radius 1 is 0.870 bits per heavy atom. The lowest BCUT2D eigenvalue weighted by Crippen LogP contribution is -2.18. The minimum Gasteiger partial charge on any atom is -0.405 e. The number of rotatable bonds is 3. The van der Waals surface area contributed by atoms with Crippen LogP contribution in [0.15, 0.2) is 49.0 Å². The van der Waals surface area contributed by atoms with Crippen molar-refractivity contribution in [3.63, 3.8) is 0 Å². The lowest BCUT2D eigenvalue weighted by atomic mass is 9.97. The largest absolute Gasteiger partial charge is 0.573 e. The maximum Gasteiger partial charge on any atom is 0.573 e. The summed E-state index contributed by atoms with van der Waals surface area (Å²) in [6, 6.07) is 7.76. The first kappa shape index (κ1) is 16.9. The van der Waals surface area contributed by atoms with Gasteiger partial charge in [-0.2, -0.15) is 13.2 Å². The summed E-state index contributed by atoms with van der Waals surface area (Å²) < 4.78 is 80.6. The van der Waals surface area contributed by atoms with Gasteiger partial charge in [-0.15, -0.1) is 13.2 Å². The highest BCUT2D eigenvalue weighted by atomic mass is 19.4. The zero-order chi connectivity index (χ0) is 17.3. The number of hydrogen-bond donors (Lipinski definition) is 0. The van der Waals surface area contributed by atoms with Gasteiger partial charge < -0.3 is 4.74 Å². The highest BCUT2D eigenvalue weighted by Crippen LogP contribution is 2.41. The van der Waals surface area contributed by atoms with E-state index in [1.165, 1.54) is 24.3 Å². The summed E-state index contributed by atoms with van der Waals surface area (Å²) >= 11 is 0. The molecular weight excluding hydrogens is 322 g/mol. The molecule has 0 aliphatic rings. The molecule has 0 atom stereocenters. The molecule has 0 N–H and O–H groups in total. The summed E-state index contributed by atoms with van der Waals surface area (Å²) in [5, 5.41) is 0. The number of benzene rings is 2. The minimum absolute atomic E-state index is 0.312. The van der Waals surface area contributed by atoms with Crippen LogP contribution >= 0.6 is 0 Å². The SMILES string of the molecule is C=Cc1ccc(OC(F)(F)F)c(-c2ccccc2C(F)(F)F)c1. The Morgan fingerprint density at radius 2 is 1.52 bits per heavy atom. The van der Waals surface area contributed by atoms with Crippen molar-refractivity contribution in [1.29, 1.82) is 0 Å². The zero-order valence-corrected chi connectivity index (χ0v) is 11.5. The Bertz CT molecular complexity index is 715. The highest BCUT2D eigenvalue weighted by Gasteiger charge is 2.36. The predicted octanol–water partition coefficient (Wildman–Crippen LogP) is 5.91. The van der Waals surface area contributed by atoms with E-state index < -0.39 is 29.4 Å². The molecule has 0 fully saturated rings. The van der Waals surface area contributed by atoms with Crippen LogP contribution in [0.3, 0.4) is 0 Å². The van der Waals surface area contributed by atoms with E-state index in [9.17, 15) is 26.3 Å². The Balaban J connectivity index is 2.69. The fourth-order valence-corrected chi connectivity index (χ4v) is 2.06. The molecule has 2 aromatic carbocycles. The molecule has 0 saturated carbocycles. The molecule has 1 nitrogen and oxygen atoms in total. The number of ether oxygens (including phenoxy) is 1. The van der Waals surface area contributed by atoms with E-state index in [0.717, 1.165) is 24.3 Å². The third-order valence-corrected chi connectivity index (χ3v) is 2.99. The Labute approximate surface area is 127 Å². The van der Waals surface area contributed by atoms with Crippen molar-refractivity contribution in [2.24, 2.45) is 0 Å². The molecule has 0 saturated heterocycles. The molecule has 0 amide bonds. The van der Waals surface area contributed by atoms with Crippen molar-refractivity contribution in [3.8, 4) is 16.9 Å². The third kappa shape index (κ3) is 4.06. The smallest absolute Gasteiger partial charge is 0.405 e. The molecule has 0 aromatic heterocycles. The summed E-state index contributed by atoms with van der Waals surface area (Å²) in [5.41, 5.74) is -1.39. The van der Waals surface area contributed by atoms with Gasteiger partial charge in [0, 0.05) is 5.56 Å². The van der Waals surface area contributed by atoms with Gasteiger partial charge in [-0.25, -0.2) is 0 Å². The van der Waals surface area contributed by atoms with Gasteiger partial charge in [0.1, 0.15) is 5.75 Å². The van der Waals surface area contributed by atoms with Crippen molar-refractivity contribution < 1.29 is 31.1 Å². The average Bonchev–Trinajstić information content (AvgIpc) is 2.45. The molecule has 0 radical (unpaired) electrons. The lowest BCUT2D eigenvalue weighted by molar-refractivity contribution is -0.274. The Hall–Kier alpha value is -2.44. The molecule has 0 spiro atoms. The van der Waals surface area contributed by atoms with Gasteiger partial charge in [-0.05, 0) is 29.3 Å². The van der Waals surface area contributed by atoms with Gasteiger partial charge in [0.2, 0.25) is 0 Å². The van der Waals surface area contributed by atoms with Gasteiger partial charge in [0.25, 0.3) is 0 Å². The Kier molecular flexibility index (Phi) is 4.40. The van der Waals surface area contributed by atoms with Crippen LogP contribution in [0, 0.1) is 0 Å². The average molecular weight is 332 g/mol. The summed E-state index contributed by atoms with van der Waals surface area (Å²) in [5.74, 6) is -0.709. The molecule has 0 unspecified atom stereocenters. The minimum atomic E-state index is -5.02. The van der Waals surface area contributed by atoms with Crippen molar-refractivity contribution in [1.82, 2.24) is 0 Å². The van der Waals surface area contributed by atoms with Crippen LogP contribution in [-0.2, 0) is 6.18 Å². The summed E-state index contributed by atoms with van der Waals surface area (Å²) in [7, 11) is 0. The monoisotopic (exact) mass is 332 g/mol. The molecule has 122 valence electrons. The normalized spacial score (nSPS) is 12.1. The van der Waals surface area contributed by atoms with Crippen LogP contribution in [0.1, 0.15) is 11.1 Å². The first-order valence-electron chi connectivity index (χ1n) is 6.30.